The summed E-state index contributed by atoms with van der Waals surface area (Å²) in [5.41, 5.74) is 0. The molecule has 8 heteroatoms. The van der Waals surface area contributed by atoms with Crippen LogP contribution >= 0.6 is 22.9 Å². The van der Waals surface area contributed by atoms with Crippen LogP contribution in [-0.2, 0) is 16.8 Å². The molecule has 0 unspecified atom stereocenters. The van der Waals surface area contributed by atoms with Gasteiger partial charge in [-0.3, -0.25) is 4.90 Å². The summed E-state index contributed by atoms with van der Waals surface area (Å²) in [5, 5.41) is 0. The fraction of sp³-hybridized carbons (Fsp3) is 0.714. The highest BCUT2D eigenvalue weighted by atomic mass is 35.5. The number of hydrogen-bond donors (Lipinski definition) is 0. The maximum Gasteiger partial charge on any atom is 0.281 e. The molecule has 2 atom stereocenters. The van der Waals surface area contributed by atoms with Gasteiger partial charge >= 0.3 is 0 Å². The lowest BCUT2D eigenvalue weighted by Crippen LogP contribution is -2.45. The molecule has 0 aromatic carbocycles. The normalized spacial score (nSPS) is 27.5. The van der Waals surface area contributed by atoms with Crippen LogP contribution in [0.15, 0.2) is 12.1 Å². The number of nitrogens with zero attached hydrogens (tertiary/aromatic N) is 3. The van der Waals surface area contributed by atoms with E-state index in [0.29, 0.717) is 25.0 Å². The minimum atomic E-state index is -3.32. The quantitative estimate of drug-likeness (QED) is 0.822. The Balaban J connectivity index is 1.76. The summed E-state index contributed by atoms with van der Waals surface area (Å²) in [5.74, 6) is 0.420. The number of fused-ring (bicyclic) bond motifs is 4. The van der Waals surface area contributed by atoms with Crippen molar-refractivity contribution < 1.29 is 8.42 Å². The fourth-order valence-corrected chi connectivity index (χ4v) is 5.72. The number of hydrogen-bond acceptors (Lipinski definition) is 4. The van der Waals surface area contributed by atoms with Gasteiger partial charge in [0.2, 0.25) is 0 Å². The first-order chi connectivity index (χ1) is 10.4. The van der Waals surface area contributed by atoms with Crippen molar-refractivity contribution in [3.8, 4) is 0 Å². The Bertz CT molecular complexity index is 632. The highest BCUT2D eigenvalue weighted by Gasteiger charge is 2.39. The number of piperidine rings is 1. The zero-order valence-electron chi connectivity index (χ0n) is 12.9. The Kier molecular flexibility index (Phi) is 4.83. The zero-order chi connectivity index (χ0) is 15.9. The molecule has 3 aliphatic heterocycles. The van der Waals surface area contributed by atoms with E-state index < -0.39 is 10.2 Å². The Morgan fingerprint density at radius 3 is 2.68 bits per heavy atom. The van der Waals surface area contributed by atoms with Crippen LogP contribution in [0.25, 0.3) is 0 Å². The van der Waals surface area contributed by atoms with E-state index in [4.69, 9.17) is 11.6 Å². The lowest BCUT2D eigenvalue weighted by Gasteiger charge is -2.35. The van der Waals surface area contributed by atoms with Crippen molar-refractivity contribution in [2.24, 2.45) is 5.92 Å². The van der Waals surface area contributed by atoms with Gasteiger partial charge in [-0.1, -0.05) is 11.6 Å². The molecule has 1 aromatic heterocycles. The second-order valence-corrected chi connectivity index (χ2v) is 10.3. The molecule has 0 spiro atoms. The maximum absolute atomic E-state index is 12.4. The SMILES string of the molecule is CN(C)S(=O)(=O)N1C[C@@H]2CC[C@H](C1)N(Cc1ccc(Cl)s1)C2. The lowest BCUT2D eigenvalue weighted by molar-refractivity contribution is 0.126. The van der Waals surface area contributed by atoms with Gasteiger partial charge < -0.3 is 0 Å². The molecule has 0 radical (unpaired) electrons. The zero-order valence-corrected chi connectivity index (χ0v) is 15.3. The summed E-state index contributed by atoms with van der Waals surface area (Å²) in [7, 11) is -0.110. The maximum atomic E-state index is 12.4. The van der Waals surface area contributed by atoms with Gasteiger partial charge in [-0.05, 0) is 30.9 Å². The third-order valence-corrected chi connectivity index (χ3v) is 7.66. The van der Waals surface area contributed by atoms with Crippen molar-refractivity contribution in [2.75, 3.05) is 33.7 Å². The largest absolute Gasteiger partial charge is 0.294 e. The molecule has 2 bridgehead atoms. The minimum Gasteiger partial charge on any atom is -0.294 e. The van der Waals surface area contributed by atoms with Crippen LogP contribution in [0.3, 0.4) is 0 Å². The van der Waals surface area contributed by atoms with E-state index in [1.54, 1.807) is 29.7 Å². The standard InChI is InChI=1S/C14H22ClN3O2S2/c1-16(2)22(19,20)18-8-11-3-4-12(9-18)17(7-11)10-13-5-6-14(15)21-13/h5-6,11-12H,3-4,7-10H2,1-2H3/t11-,12-/m1/s1. The molecule has 1 aromatic rings. The second-order valence-electron chi connectivity index (χ2n) is 6.34. The first-order valence-electron chi connectivity index (χ1n) is 7.52. The summed E-state index contributed by atoms with van der Waals surface area (Å²) in [4.78, 5) is 3.68. The van der Waals surface area contributed by atoms with Crippen molar-refractivity contribution in [3.63, 3.8) is 0 Å². The smallest absolute Gasteiger partial charge is 0.281 e. The van der Waals surface area contributed by atoms with E-state index >= 15 is 0 Å². The molecule has 3 fully saturated rings. The molecule has 22 heavy (non-hydrogen) atoms. The molecule has 0 saturated carbocycles. The fourth-order valence-electron chi connectivity index (χ4n) is 3.39. The molecule has 5 nitrogen and oxygen atoms in total. The third kappa shape index (κ3) is 3.34. The topological polar surface area (TPSA) is 43.9 Å². The van der Waals surface area contributed by atoms with E-state index in [9.17, 15) is 8.42 Å². The summed E-state index contributed by atoms with van der Waals surface area (Å²) in [6.07, 6.45) is 2.19. The lowest BCUT2D eigenvalue weighted by atomic mass is 9.95. The van der Waals surface area contributed by atoms with Crippen LogP contribution in [0.5, 0.6) is 0 Å². The molecule has 0 amide bonds. The number of rotatable bonds is 4. The monoisotopic (exact) mass is 363 g/mol. The Hall–Kier alpha value is -0.180. The van der Waals surface area contributed by atoms with Crippen LogP contribution < -0.4 is 0 Å². The molecular formula is C14H22ClN3O2S2. The van der Waals surface area contributed by atoms with Crippen molar-refractivity contribution in [1.29, 1.82) is 0 Å². The van der Waals surface area contributed by atoms with Crippen molar-refractivity contribution >= 4 is 33.1 Å². The molecular weight excluding hydrogens is 342 g/mol. The Morgan fingerprint density at radius 2 is 2.05 bits per heavy atom. The Morgan fingerprint density at radius 1 is 1.27 bits per heavy atom. The van der Waals surface area contributed by atoms with Crippen LogP contribution in [-0.4, -0.2) is 61.7 Å². The van der Waals surface area contributed by atoms with E-state index in [0.717, 1.165) is 30.3 Å². The van der Waals surface area contributed by atoms with Crippen LogP contribution in [0.4, 0.5) is 0 Å². The van der Waals surface area contributed by atoms with Crippen LogP contribution in [0.2, 0.25) is 4.34 Å². The van der Waals surface area contributed by atoms with E-state index in [-0.39, 0.29) is 0 Å². The van der Waals surface area contributed by atoms with Crippen molar-refractivity contribution in [3.05, 3.63) is 21.3 Å². The van der Waals surface area contributed by atoms with E-state index in [1.807, 2.05) is 6.07 Å². The van der Waals surface area contributed by atoms with E-state index in [2.05, 4.69) is 11.0 Å². The van der Waals surface area contributed by atoms with Gasteiger partial charge in [0.05, 0.1) is 4.34 Å². The molecule has 0 aliphatic carbocycles. The second kappa shape index (κ2) is 6.37. The van der Waals surface area contributed by atoms with Gasteiger partial charge in [0.25, 0.3) is 10.2 Å². The van der Waals surface area contributed by atoms with Gasteiger partial charge in [0.15, 0.2) is 0 Å². The van der Waals surface area contributed by atoms with Gasteiger partial charge in [-0.15, -0.1) is 11.3 Å². The highest BCUT2D eigenvalue weighted by Crippen LogP contribution is 2.32. The van der Waals surface area contributed by atoms with Gasteiger partial charge in [0.1, 0.15) is 0 Å². The summed E-state index contributed by atoms with van der Waals surface area (Å²) in [6.45, 7) is 3.07. The number of thiophene rings is 1. The minimum absolute atomic E-state index is 0.300. The number of halogens is 1. The summed E-state index contributed by atoms with van der Waals surface area (Å²) in [6, 6.07) is 4.30. The average molecular weight is 364 g/mol. The molecule has 124 valence electrons. The predicted molar refractivity (Wildman–Crippen MR) is 90.4 cm³/mol. The molecule has 0 N–H and O–H groups in total. The van der Waals surface area contributed by atoms with E-state index in [1.165, 1.54) is 9.18 Å². The molecule has 4 heterocycles. The summed E-state index contributed by atoms with van der Waals surface area (Å²) < 4.78 is 28.7. The summed E-state index contributed by atoms with van der Waals surface area (Å²) >= 11 is 7.62. The van der Waals surface area contributed by atoms with Gasteiger partial charge in [-0.25, -0.2) is 0 Å². The predicted octanol–water partition coefficient (Wildman–Crippen LogP) is 2.10. The first kappa shape index (κ1) is 16.7. The van der Waals surface area contributed by atoms with Gasteiger partial charge in [-0.2, -0.15) is 17.0 Å². The highest BCUT2D eigenvalue weighted by molar-refractivity contribution is 7.86. The first-order valence-corrected chi connectivity index (χ1v) is 10.1. The van der Waals surface area contributed by atoms with Crippen LogP contribution in [0, 0.1) is 5.92 Å². The van der Waals surface area contributed by atoms with Gasteiger partial charge in [0, 0.05) is 51.2 Å². The third-order valence-electron chi connectivity index (χ3n) is 4.57. The van der Waals surface area contributed by atoms with Crippen molar-refractivity contribution in [1.82, 2.24) is 13.5 Å². The van der Waals surface area contributed by atoms with Crippen LogP contribution in [0.1, 0.15) is 17.7 Å². The average Bonchev–Trinajstić information content (AvgIpc) is 2.67. The Labute approximate surface area is 141 Å². The molecule has 3 aliphatic rings. The molecule has 3 saturated heterocycles. The molecule has 4 rings (SSSR count). The van der Waals surface area contributed by atoms with Crippen molar-refractivity contribution in [2.45, 2.75) is 25.4 Å².